The Bertz CT molecular complexity index is 219. The average molecular weight is 183 g/mol. The lowest BCUT2D eigenvalue weighted by atomic mass is 10.2. The van der Waals surface area contributed by atoms with Crippen LogP contribution in [0.15, 0.2) is 22.8 Å². The van der Waals surface area contributed by atoms with Gasteiger partial charge in [0.05, 0.1) is 12.4 Å². The molecule has 2 unspecified atom stereocenters. The molecule has 0 fully saturated rings. The summed E-state index contributed by atoms with van der Waals surface area (Å²) < 4.78 is 5.17. The van der Waals surface area contributed by atoms with Gasteiger partial charge in [-0.15, -0.1) is 0 Å². The molecule has 0 aromatic carbocycles. The third-order valence-corrected chi connectivity index (χ3v) is 2.14. The van der Waals surface area contributed by atoms with E-state index >= 15 is 0 Å². The first kappa shape index (κ1) is 10.3. The van der Waals surface area contributed by atoms with Crippen LogP contribution in [0.5, 0.6) is 0 Å². The predicted molar refractivity (Wildman–Crippen MR) is 51.6 cm³/mol. The Balaban J connectivity index is 2.14. The summed E-state index contributed by atoms with van der Waals surface area (Å²) >= 11 is 0. The number of aliphatic hydroxyl groups excluding tert-OH is 1. The van der Waals surface area contributed by atoms with E-state index < -0.39 is 0 Å². The lowest BCUT2D eigenvalue weighted by Gasteiger charge is -2.15. The highest BCUT2D eigenvalue weighted by molar-refractivity contribution is 4.98. The van der Waals surface area contributed by atoms with Crippen molar-refractivity contribution in [3.63, 3.8) is 0 Å². The van der Waals surface area contributed by atoms with E-state index in [0.29, 0.717) is 0 Å². The molecule has 0 aliphatic rings. The Morgan fingerprint density at radius 2 is 2.31 bits per heavy atom. The highest BCUT2D eigenvalue weighted by Crippen LogP contribution is 2.00. The molecule has 13 heavy (non-hydrogen) atoms. The maximum absolute atomic E-state index is 9.19. The molecule has 1 rings (SSSR count). The number of rotatable bonds is 5. The van der Waals surface area contributed by atoms with E-state index in [1.165, 1.54) is 0 Å². The molecule has 1 aromatic heterocycles. The minimum absolute atomic E-state index is 0.134. The predicted octanol–water partition coefficient (Wildman–Crippen LogP) is 1.18. The van der Waals surface area contributed by atoms with Crippen molar-refractivity contribution in [2.45, 2.75) is 32.4 Å². The number of hydrogen-bond donors (Lipinski definition) is 2. The Morgan fingerprint density at radius 3 is 2.85 bits per heavy atom. The molecular formula is C10H17NO2. The van der Waals surface area contributed by atoms with Crippen molar-refractivity contribution in [3.8, 4) is 0 Å². The van der Waals surface area contributed by atoms with Crippen LogP contribution in [0.3, 0.4) is 0 Å². The van der Waals surface area contributed by atoms with Gasteiger partial charge in [-0.05, 0) is 26.0 Å². The fourth-order valence-corrected chi connectivity index (χ4v) is 1.05. The summed E-state index contributed by atoms with van der Waals surface area (Å²) in [5.74, 6) is 0.977. The number of nitrogens with one attached hydrogen (secondary N) is 1. The van der Waals surface area contributed by atoms with Gasteiger partial charge >= 0.3 is 0 Å². The third-order valence-electron chi connectivity index (χ3n) is 2.14. The molecule has 0 radical (unpaired) electrons. The van der Waals surface area contributed by atoms with Gasteiger partial charge in [-0.2, -0.15) is 0 Å². The van der Waals surface area contributed by atoms with E-state index in [9.17, 15) is 5.11 Å². The Labute approximate surface area is 78.8 Å². The van der Waals surface area contributed by atoms with E-state index in [4.69, 9.17) is 4.42 Å². The first-order chi connectivity index (χ1) is 6.20. The second-order valence-electron chi connectivity index (χ2n) is 3.31. The molecule has 0 saturated heterocycles. The molecule has 74 valence electrons. The Hall–Kier alpha value is -0.800. The molecule has 0 aliphatic heterocycles. The lowest BCUT2D eigenvalue weighted by Crippen LogP contribution is -2.36. The molecule has 2 atom stereocenters. The van der Waals surface area contributed by atoms with Crippen LogP contribution in [0.4, 0.5) is 0 Å². The van der Waals surface area contributed by atoms with Crippen molar-refractivity contribution >= 4 is 0 Å². The fraction of sp³-hybridized carbons (Fsp3) is 0.600. The van der Waals surface area contributed by atoms with Gasteiger partial charge in [0, 0.05) is 19.0 Å². The lowest BCUT2D eigenvalue weighted by molar-refractivity contribution is 0.153. The van der Waals surface area contributed by atoms with Crippen LogP contribution in [0.1, 0.15) is 19.6 Å². The average Bonchev–Trinajstić information content (AvgIpc) is 2.56. The minimum atomic E-state index is -0.309. The summed E-state index contributed by atoms with van der Waals surface area (Å²) in [6.45, 7) is 4.58. The molecule has 3 nitrogen and oxygen atoms in total. The molecule has 3 heteroatoms. The SMILES string of the molecule is CC(O)C(C)NCCc1ccco1. The quantitative estimate of drug-likeness (QED) is 0.720. The molecule has 0 spiro atoms. The second kappa shape index (κ2) is 5.04. The molecule has 0 aliphatic carbocycles. The summed E-state index contributed by atoms with van der Waals surface area (Å²) in [5.41, 5.74) is 0. The van der Waals surface area contributed by atoms with Gasteiger partial charge < -0.3 is 14.8 Å². The van der Waals surface area contributed by atoms with Gasteiger partial charge in [-0.1, -0.05) is 0 Å². The summed E-state index contributed by atoms with van der Waals surface area (Å²) in [4.78, 5) is 0. The monoisotopic (exact) mass is 183 g/mol. The van der Waals surface area contributed by atoms with Crippen molar-refractivity contribution in [2.24, 2.45) is 0 Å². The van der Waals surface area contributed by atoms with Crippen LogP contribution in [0, 0.1) is 0 Å². The van der Waals surface area contributed by atoms with Crippen molar-refractivity contribution in [1.29, 1.82) is 0 Å². The highest BCUT2D eigenvalue weighted by Gasteiger charge is 2.06. The molecule has 0 bridgehead atoms. The van der Waals surface area contributed by atoms with Crippen LogP contribution < -0.4 is 5.32 Å². The zero-order valence-electron chi connectivity index (χ0n) is 8.16. The third kappa shape index (κ3) is 3.61. The molecule has 1 heterocycles. The van der Waals surface area contributed by atoms with Crippen molar-refractivity contribution in [1.82, 2.24) is 5.32 Å². The van der Waals surface area contributed by atoms with Gasteiger partial charge in [0.2, 0.25) is 0 Å². The van der Waals surface area contributed by atoms with Crippen LogP contribution in [0.25, 0.3) is 0 Å². The van der Waals surface area contributed by atoms with Crippen LogP contribution >= 0.6 is 0 Å². The maximum atomic E-state index is 9.19. The molecule has 0 amide bonds. The maximum Gasteiger partial charge on any atom is 0.105 e. The minimum Gasteiger partial charge on any atom is -0.469 e. The molecule has 1 aromatic rings. The fourth-order valence-electron chi connectivity index (χ4n) is 1.05. The smallest absolute Gasteiger partial charge is 0.105 e. The van der Waals surface area contributed by atoms with Gasteiger partial charge in [0.1, 0.15) is 5.76 Å². The van der Waals surface area contributed by atoms with Gasteiger partial charge in [0.25, 0.3) is 0 Å². The van der Waals surface area contributed by atoms with Gasteiger partial charge in [-0.25, -0.2) is 0 Å². The number of aliphatic hydroxyl groups is 1. The van der Waals surface area contributed by atoms with E-state index in [1.54, 1.807) is 13.2 Å². The zero-order valence-corrected chi connectivity index (χ0v) is 8.16. The standard InChI is InChI=1S/C10H17NO2/c1-8(9(2)12)11-6-5-10-4-3-7-13-10/h3-4,7-9,11-12H,5-6H2,1-2H3. The Morgan fingerprint density at radius 1 is 1.54 bits per heavy atom. The number of hydrogen-bond acceptors (Lipinski definition) is 3. The first-order valence-corrected chi connectivity index (χ1v) is 4.64. The molecule has 0 saturated carbocycles. The Kier molecular flexibility index (Phi) is 3.99. The number of furan rings is 1. The first-order valence-electron chi connectivity index (χ1n) is 4.64. The summed E-state index contributed by atoms with van der Waals surface area (Å²) in [7, 11) is 0. The molecular weight excluding hydrogens is 166 g/mol. The van der Waals surface area contributed by atoms with Crippen molar-refractivity contribution in [3.05, 3.63) is 24.2 Å². The topological polar surface area (TPSA) is 45.4 Å². The summed E-state index contributed by atoms with van der Waals surface area (Å²) in [6, 6.07) is 3.97. The zero-order chi connectivity index (χ0) is 9.68. The van der Waals surface area contributed by atoms with Crippen LogP contribution in [-0.2, 0) is 6.42 Å². The normalized spacial score (nSPS) is 15.6. The van der Waals surface area contributed by atoms with Crippen LogP contribution in [-0.4, -0.2) is 23.8 Å². The van der Waals surface area contributed by atoms with E-state index in [1.807, 2.05) is 19.1 Å². The van der Waals surface area contributed by atoms with Crippen molar-refractivity contribution in [2.75, 3.05) is 6.54 Å². The van der Waals surface area contributed by atoms with Crippen LogP contribution in [0.2, 0.25) is 0 Å². The van der Waals surface area contributed by atoms with Gasteiger partial charge in [-0.3, -0.25) is 0 Å². The van der Waals surface area contributed by atoms with Crippen molar-refractivity contribution < 1.29 is 9.52 Å². The van der Waals surface area contributed by atoms with E-state index in [2.05, 4.69) is 5.32 Å². The largest absolute Gasteiger partial charge is 0.469 e. The van der Waals surface area contributed by atoms with E-state index in [0.717, 1.165) is 18.7 Å². The summed E-state index contributed by atoms with van der Waals surface area (Å²) in [6.07, 6.45) is 2.23. The summed E-state index contributed by atoms with van der Waals surface area (Å²) in [5, 5.41) is 12.4. The highest BCUT2D eigenvalue weighted by atomic mass is 16.3. The second-order valence-corrected chi connectivity index (χ2v) is 3.31. The van der Waals surface area contributed by atoms with Gasteiger partial charge in [0.15, 0.2) is 0 Å². The molecule has 2 N–H and O–H groups in total. The van der Waals surface area contributed by atoms with E-state index in [-0.39, 0.29) is 12.1 Å².